The molecule has 0 saturated carbocycles. The highest BCUT2D eigenvalue weighted by Crippen LogP contribution is 2.39. The van der Waals surface area contributed by atoms with Crippen LogP contribution in [0.25, 0.3) is 94.7 Å². The van der Waals surface area contributed by atoms with E-state index in [1.165, 1.54) is 11.1 Å². The van der Waals surface area contributed by atoms with Gasteiger partial charge in [-0.05, 0) is 64.7 Å². The van der Waals surface area contributed by atoms with Gasteiger partial charge in [0, 0.05) is 32.7 Å². The van der Waals surface area contributed by atoms with E-state index in [0.717, 1.165) is 66.0 Å². The zero-order valence-electron chi connectivity index (χ0n) is 26.9. The number of furan rings is 1. The Morgan fingerprint density at radius 3 is 1.66 bits per heavy atom. The van der Waals surface area contributed by atoms with Gasteiger partial charge in [0.25, 0.3) is 0 Å². The number of benzene rings is 7. The van der Waals surface area contributed by atoms with Crippen LogP contribution in [0.3, 0.4) is 0 Å². The SMILES string of the molecule is c1ccc(-c2ccc3oc4ccc(-c5nc(-c6ccccc6)nc(-n6c7ccccc7c7c(-c8ccccc8)cccc76)n5)cc4c3c2)cc1. The highest BCUT2D eigenvalue weighted by molar-refractivity contribution is 6.15. The van der Waals surface area contributed by atoms with E-state index in [1.54, 1.807) is 0 Å². The van der Waals surface area contributed by atoms with Crippen molar-refractivity contribution in [1.29, 1.82) is 0 Å². The fraction of sp³-hybridized carbons (Fsp3) is 0. The molecule has 0 atom stereocenters. The van der Waals surface area contributed by atoms with Crippen molar-refractivity contribution in [2.75, 3.05) is 0 Å². The van der Waals surface area contributed by atoms with Crippen LogP contribution < -0.4 is 0 Å². The minimum absolute atomic E-state index is 0.564. The Labute approximate surface area is 287 Å². The molecule has 7 aromatic carbocycles. The Morgan fingerprint density at radius 2 is 0.940 bits per heavy atom. The molecule has 0 saturated heterocycles. The summed E-state index contributed by atoms with van der Waals surface area (Å²) in [5.41, 5.74) is 10.2. The van der Waals surface area contributed by atoms with Crippen molar-refractivity contribution in [3.05, 3.63) is 170 Å². The fourth-order valence-electron chi connectivity index (χ4n) is 7.13. The zero-order valence-corrected chi connectivity index (χ0v) is 26.9. The molecule has 5 nitrogen and oxygen atoms in total. The lowest BCUT2D eigenvalue weighted by Crippen LogP contribution is -2.06. The lowest BCUT2D eigenvalue weighted by Gasteiger charge is -2.11. The molecule has 3 heterocycles. The van der Waals surface area contributed by atoms with Gasteiger partial charge in [-0.3, -0.25) is 4.57 Å². The molecule has 10 aromatic rings. The summed E-state index contributed by atoms with van der Waals surface area (Å²) in [5, 5.41) is 4.38. The fourth-order valence-corrected chi connectivity index (χ4v) is 7.13. The Bertz CT molecular complexity index is 2860. The summed E-state index contributed by atoms with van der Waals surface area (Å²) >= 11 is 0. The van der Waals surface area contributed by atoms with Gasteiger partial charge in [-0.1, -0.05) is 127 Å². The van der Waals surface area contributed by atoms with Crippen LogP contribution in [0.1, 0.15) is 0 Å². The predicted molar refractivity (Wildman–Crippen MR) is 203 cm³/mol. The third-order valence-corrected chi connectivity index (χ3v) is 9.47. The number of nitrogens with zero attached hydrogens (tertiary/aromatic N) is 4. The molecular weight excluding hydrogens is 613 g/mol. The standard InChI is InChI=1S/C45H28N4O/c1-4-13-29(14-5-1)32-23-25-40-36(27-32)37-28-33(24-26-41(37)50-40)44-46-43(31-17-8-3-9-18-31)47-45(48-44)49-38-21-11-10-19-35(38)42-34(20-12-22-39(42)49)30-15-6-2-7-16-30/h1-28H. The molecule has 0 bridgehead atoms. The summed E-state index contributed by atoms with van der Waals surface area (Å²) in [6.07, 6.45) is 0. The van der Waals surface area contributed by atoms with Crippen molar-refractivity contribution in [3.63, 3.8) is 0 Å². The summed E-state index contributed by atoms with van der Waals surface area (Å²) in [5.74, 6) is 1.77. The number of rotatable bonds is 5. The van der Waals surface area contributed by atoms with Gasteiger partial charge >= 0.3 is 0 Å². The molecule has 50 heavy (non-hydrogen) atoms. The highest BCUT2D eigenvalue weighted by atomic mass is 16.3. The molecule has 3 aromatic heterocycles. The van der Waals surface area contributed by atoms with Crippen molar-refractivity contribution in [2.45, 2.75) is 0 Å². The summed E-state index contributed by atoms with van der Waals surface area (Å²) < 4.78 is 8.47. The normalized spacial score (nSPS) is 11.6. The first kappa shape index (κ1) is 28.2. The average molecular weight is 641 g/mol. The molecule has 0 aliphatic carbocycles. The molecule has 0 aliphatic rings. The van der Waals surface area contributed by atoms with Gasteiger partial charge in [-0.2, -0.15) is 9.97 Å². The van der Waals surface area contributed by atoms with Crippen molar-refractivity contribution in [1.82, 2.24) is 19.5 Å². The molecule has 0 fully saturated rings. The average Bonchev–Trinajstić information content (AvgIpc) is 3.74. The van der Waals surface area contributed by atoms with Gasteiger partial charge in [0.2, 0.25) is 5.95 Å². The summed E-state index contributed by atoms with van der Waals surface area (Å²) in [7, 11) is 0. The van der Waals surface area contributed by atoms with Crippen molar-refractivity contribution >= 4 is 43.7 Å². The van der Waals surface area contributed by atoms with E-state index in [0.29, 0.717) is 17.6 Å². The monoisotopic (exact) mass is 640 g/mol. The molecule has 0 unspecified atom stereocenters. The second-order valence-electron chi connectivity index (χ2n) is 12.5. The number of fused-ring (bicyclic) bond motifs is 6. The topological polar surface area (TPSA) is 56.7 Å². The lowest BCUT2D eigenvalue weighted by atomic mass is 9.99. The van der Waals surface area contributed by atoms with Crippen molar-refractivity contribution < 1.29 is 4.42 Å². The van der Waals surface area contributed by atoms with E-state index >= 15 is 0 Å². The predicted octanol–water partition coefficient (Wildman–Crippen LogP) is 11.5. The van der Waals surface area contributed by atoms with Crippen LogP contribution in [0.5, 0.6) is 0 Å². The van der Waals surface area contributed by atoms with Crippen molar-refractivity contribution in [2.24, 2.45) is 0 Å². The molecule has 234 valence electrons. The van der Waals surface area contributed by atoms with Crippen LogP contribution >= 0.6 is 0 Å². The van der Waals surface area contributed by atoms with Crippen LogP contribution in [0.2, 0.25) is 0 Å². The maximum Gasteiger partial charge on any atom is 0.238 e. The molecule has 0 radical (unpaired) electrons. The third-order valence-electron chi connectivity index (χ3n) is 9.47. The second kappa shape index (κ2) is 11.4. The first-order valence-corrected chi connectivity index (χ1v) is 16.7. The minimum Gasteiger partial charge on any atom is -0.456 e. The van der Waals surface area contributed by atoms with E-state index in [4.69, 9.17) is 19.4 Å². The van der Waals surface area contributed by atoms with E-state index in [2.05, 4.69) is 126 Å². The van der Waals surface area contributed by atoms with Crippen LogP contribution in [0, 0.1) is 0 Å². The van der Waals surface area contributed by atoms with Gasteiger partial charge in [-0.15, -0.1) is 0 Å². The number of para-hydroxylation sites is 1. The van der Waals surface area contributed by atoms with Gasteiger partial charge in [0.05, 0.1) is 11.0 Å². The molecular formula is C45H28N4O. The highest BCUT2D eigenvalue weighted by Gasteiger charge is 2.20. The molecule has 0 spiro atoms. The van der Waals surface area contributed by atoms with E-state index in [-0.39, 0.29) is 0 Å². The summed E-state index contributed by atoms with van der Waals surface area (Å²) in [4.78, 5) is 15.4. The number of aromatic nitrogens is 4. The van der Waals surface area contributed by atoms with Gasteiger partial charge in [0.1, 0.15) is 11.2 Å². The van der Waals surface area contributed by atoms with Crippen LogP contribution in [0.4, 0.5) is 0 Å². The van der Waals surface area contributed by atoms with Gasteiger partial charge in [-0.25, -0.2) is 4.98 Å². The Hall–Kier alpha value is -6.85. The molecule has 0 aliphatic heterocycles. The van der Waals surface area contributed by atoms with Crippen LogP contribution in [0.15, 0.2) is 174 Å². The van der Waals surface area contributed by atoms with Gasteiger partial charge < -0.3 is 4.42 Å². The lowest BCUT2D eigenvalue weighted by molar-refractivity contribution is 0.669. The third kappa shape index (κ3) is 4.60. The first-order chi connectivity index (χ1) is 24.8. The van der Waals surface area contributed by atoms with Crippen LogP contribution in [-0.4, -0.2) is 19.5 Å². The smallest absolute Gasteiger partial charge is 0.238 e. The number of hydrogen-bond donors (Lipinski definition) is 0. The summed E-state index contributed by atoms with van der Waals surface area (Å²) in [6.45, 7) is 0. The van der Waals surface area contributed by atoms with Gasteiger partial charge in [0.15, 0.2) is 11.6 Å². The Morgan fingerprint density at radius 1 is 0.380 bits per heavy atom. The Kier molecular flexibility index (Phi) is 6.42. The molecule has 0 N–H and O–H groups in total. The van der Waals surface area contributed by atoms with Crippen molar-refractivity contribution in [3.8, 4) is 51.0 Å². The maximum atomic E-state index is 6.30. The summed E-state index contributed by atoms with van der Waals surface area (Å²) in [6, 6.07) is 58.6. The largest absolute Gasteiger partial charge is 0.456 e. The van der Waals surface area contributed by atoms with E-state index in [9.17, 15) is 0 Å². The first-order valence-electron chi connectivity index (χ1n) is 16.7. The molecule has 0 amide bonds. The van der Waals surface area contributed by atoms with Crippen LogP contribution in [-0.2, 0) is 0 Å². The molecule has 10 rings (SSSR count). The Balaban J connectivity index is 1.21. The molecule has 5 heteroatoms. The van der Waals surface area contributed by atoms with E-state index < -0.39 is 0 Å². The quantitative estimate of drug-likeness (QED) is 0.188. The maximum absolute atomic E-state index is 6.30. The van der Waals surface area contributed by atoms with E-state index in [1.807, 2.05) is 48.5 Å². The second-order valence-corrected chi connectivity index (χ2v) is 12.5. The zero-order chi connectivity index (χ0) is 33.0. The number of hydrogen-bond acceptors (Lipinski definition) is 4. The minimum atomic E-state index is 0.564.